The third-order valence-electron chi connectivity index (χ3n) is 3.56. The Bertz CT molecular complexity index is 611. The van der Waals surface area contributed by atoms with E-state index in [4.69, 9.17) is 4.52 Å². The average Bonchev–Trinajstić information content (AvgIpc) is 2.80. The molecule has 118 valence electrons. The van der Waals surface area contributed by atoms with E-state index in [1.807, 2.05) is 0 Å². The number of nitrogens with zero attached hydrogens (tertiary/aromatic N) is 3. The molecular weight excluding hydrogens is 294 g/mol. The Labute approximate surface area is 124 Å². The molecular formula is C13H21N3O4S. The fourth-order valence-corrected chi connectivity index (χ4v) is 3.25. The van der Waals surface area contributed by atoms with E-state index in [2.05, 4.69) is 12.1 Å². The summed E-state index contributed by atoms with van der Waals surface area (Å²) in [5, 5.41) is 3.70. The number of carbonyl (C=O) groups is 1. The Hall–Kier alpha value is -1.57. The van der Waals surface area contributed by atoms with Crippen LogP contribution in [0, 0.1) is 12.8 Å². The highest BCUT2D eigenvalue weighted by Crippen LogP contribution is 2.19. The molecule has 1 aromatic heterocycles. The zero-order valence-corrected chi connectivity index (χ0v) is 13.4. The first-order valence-corrected chi connectivity index (χ1v) is 8.81. The van der Waals surface area contributed by atoms with Crippen molar-refractivity contribution < 1.29 is 17.7 Å². The quantitative estimate of drug-likeness (QED) is 0.828. The van der Waals surface area contributed by atoms with Gasteiger partial charge in [0.25, 0.3) is 0 Å². The van der Waals surface area contributed by atoms with Gasteiger partial charge in [-0.15, -0.1) is 0 Å². The van der Waals surface area contributed by atoms with Gasteiger partial charge in [-0.05, 0) is 25.7 Å². The molecule has 1 aliphatic rings. The third kappa shape index (κ3) is 3.96. The Morgan fingerprint density at radius 1 is 1.57 bits per heavy atom. The van der Waals surface area contributed by atoms with E-state index < -0.39 is 10.0 Å². The van der Waals surface area contributed by atoms with Crippen LogP contribution >= 0.6 is 0 Å². The van der Waals surface area contributed by atoms with Gasteiger partial charge in [-0.2, -0.15) is 0 Å². The lowest BCUT2D eigenvalue weighted by Crippen LogP contribution is -2.46. The van der Waals surface area contributed by atoms with Gasteiger partial charge < -0.3 is 9.42 Å². The predicted molar refractivity (Wildman–Crippen MR) is 78.4 cm³/mol. The molecule has 0 saturated carbocycles. The lowest BCUT2D eigenvalue weighted by molar-refractivity contribution is -0.131. The van der Waals surface area contributed by atoms with Crippen molar-refractivity contribution in [3.05, 3.63) is 11.8 Å². The maximum atomic E-state index is 12.3. The van der Waals surface area contributed by atoms with Crippen LogP contribution in [0.4, 0.5) is 5.82 Å². The van der Waals surface area contributed by atoms with Crippen LogP contribution in [-0.2, 0) is 14.8 Å². The fraction of sp³-hybridized carbons (Fsp3) is 0.692. The third-order valence-corrected chi connectivity index (χ3v) is 4.68. The number of hydrogen-bond acceptors (Lipinski definition) is 5. The summed E-state index contributed by atoms with van der Waals surface area (Å²) in [6.07, 6.45) is 3.11. The number of aryl methyl sites for hydroxylation is 1. The molecule has 0 bridgehead atoms. The van der Waals surface area contributed by atoms with Crippen LogP contribution in [-0.4, -0.2) is 50.3 Å². The van der Waals surface area contributed by atoms with Crippen molar-refractivity contribution in [1.29, 1.82) is 0 Å². The van der Waals surface area contributed by atoms with E-state index >= 15 is 0 Å². The lowest BCUT2D eigenvalue weighted by Gasteiger charge is -2.32. The minimum atomic E-state index is -3.59. The number of amides is 1. The summed E-state index contributed by atoms with van der Waals surface area (Å²) >= 11 is 0. The second kappa shape index (κ2) is 6.05. The first kappa shape index (κ1) is 15.8. The van der Waals surface area contributed by atoms with Gasteiger partial charge in [-0.3, -0.25) is 4.79 Å². The molecule has 1 fully saturated rings. The zero-order valence-electron chi connectivity index (χ0n) is 12.6. The molecule has 1 unspecified atom stereocenters. The number of aromatic nitrogens is 1. The molecule has 0 aliphatic carbocycles. The predicted octanol–water partition coefficient (Wildman–Crippen LogP) is 1.01. The molecule has 0 spiro atoms. The summed E-state index contributed by atoms with van der Waals surface area (Å²) in [5.41, 5.74) is 0. The zero-order chi connectivity index (χ0) is 15.6. The van der Waals surface area contributed by atoms with Crippen LogP contribution < -0.4 is 4.31 Å². The standard InChI is InChI=1S/C13H21N3O4S/c1-10-5-4-6-15(8-10)13(17)9-16(21(3,18)19)12-7-11(2)20-14-12/h7,10H,4-6,8-9H2,1-3H3. The van der Waals surface area contributed by atoms with Crippen molar-refractivity contribution in [1.82, 2.24) is 10.1 Å². The Morgan fingerprint density at radius 3 is 2.81 bits per heavy atom. The summed E-state index contributed by atoms with van der Waals surface area (Å²) in [6.45, 7) is 4.88. The molecule has 2 rings (SSSR count). The van der Waals surface area contributed by atoms with E-state index in [9.17, 15) is 13.2 Å². The minimum absolute atomic E-state index is 0.147. The molecule has 1 aliphatic heterocycles. The summed E-state index contributed by atoms with van der Waals surface area (Å²) < 4.78 is 29.7. The van der Waals surface area contributed by atoms with Crippen molar-refractivity contribution in [2.24, 2.45) is 5.92 Å². The monoisotopic (exact) mass is 315 g/mol. The van der Waals surface area contributed by atoms with E-state index in [1.54, 1.807) is 11.8 Å². The number of likely N-dealkylation sites (tertiary alicyclic amines) is 1. The smallest absolute Gasteiger partial charge is 0.243 e. The highest BCUT2D eigenvalue weighted by molar-refractivity contribution is 7.92. The number of anilines is 1. The average molecular weight is 315 g/mol. The number of hydrogen-bond donors (Lipinski definition) is 0. The molecule has 21 heavy (non-hydrogen) atoms. The van der Waals surface area contributed by atoms with Crippen molar-refractivity contribution in [2.75, 3.05) is 30.2 Å². The molecule has 1 amide bonds. The summed E-state index contributed by atoms with van der Waals surface area (Å²) in [7, 11) is -3.59. The maximum absolute atomic E-state index is 12.3. The van der Waals surface area contributed by atoms with Gasteiger partial charge in [-0.25, -0.2) is 12.7 Å². The topological polar surface area (TPSA) is 83.7 Å². The highest BCUT2D eigenvalue weighted by atomic mass is 32.2. The van der Waals surface area contributed by atoms with Gasteiger partial charge in [-0.1, -0.05) is 12.1 Å². The Balaban J connectivity index is 2.14. The lowest BCUT2D eigenvalue weighted by atomic mass is 10.0. The first-order valence-electron chi connectivity index (χ1n) is 6.96. The van der Waals surface area contributed by atoms with E-state index in [0.717, 1.165) is 23.4 Å². The summed E-state index contributed by atoms with van der Waals surface area (Å²) in [5.74, 6) is 0.891. The normalized spacial score (nSPS) is 19.6. The fourth-order valence-electron chi connectivity index (χ4n) is 2.48. The van der Waals surface area contributed by atoms with Crippen LogP contribution in [0.15, 0.2) is 10.6 Å². The maximum Gasteiger partial charge on any atom is 0.243 e. The molecule has 0 aromatic carbocycles. The van der Waals surface area contributed by atoms with Crippen LogP contribution in [0.1, 0.15) is 25.5 Å². The van der Waals surface area contributed by atoms with Crippen molar-refractivity contribution in [2.45, 2.75) is 26.7 Å². The van der Waals surface area contributed by atoms with Crippen molar-refractivity contribution >= 4 is 21.7 Å². The molecule has 0 radical (unpaired) electrons. The van der Waals surface area contributed by atoms with Crippen LogP contribution in [0.25, 0.3) is 0 Å². The minimum Gasteiger partial charge on any atom is -0.360 e. The van der Waals surface area contributed by atoms with Gasteiger partial charge in [0.05, 0.1) is 6.26 Å². The van der Waals surface area contributed by atoms with Gasteiger partial charge in [0, 0.05) is 19.2 Å². The van der Waals surface area contributed by atoms with E-state index in [-0.39, 0.29) is 18.3 Å². The van der Waals surface area contributed by atoms with Crippen molar-refractivity contribution in [3.8, 4) is 0 Å². The first-order chi connectivity index (χ1) is 9.77. The summed E-state index contributed by atoms with van der Waals surface area (Å²) in [4.78, 5) is 14.1. The second-order valence-electron chi connectivity index (χ2n) is 5.65. The molecule has 7 nitrogen and oxygen atoms in total. The highest BCUT2D eigenvalue weighted by Gasteiger charge is 2.28. The van der Waals surface area contributed by atoms with Gasteiger partial charge in [0.15, 0.2) is 5.82 Å². The molecule has 1 saturated heterocycles. The van der Waals surface area contributed by atoms with Crippen LogP contribution in [0.3, 0.4) is 0 Å². The molecule has 1 atom stereocenters. The van der Waals surface area contributed by atoms with E-state index in [0.29, 0.717) is 24.8 Å². The Morgan fingerprint density at radius 2 is 2.29 bits per heavy atom. The molecule has 8 heteroatoms. The largest absolute Gasteiger partial charge is 0.360 e. The number of carbonyl (C=O) groups excluding carboxylic acids is 1. The van der Waals surface area contributed by atoms with Gasteiger partial charge >= 0.3 is 0 Å². The molecule has 1 aromatic rings. The van der Waals surface area contributed by atoms with Gasteiger partial charge in [0.1, 0.15) is 12.3 Å². The SMILES string of the molecule is Cc1cc(N(CC(=O)N2CCCC(C)C2)S(C)(=O)=O)no1. The molecule has 0 N–H and O–H groups in total. The van der Waals surface area contributed by atoms with Gasteiger partial charge in [0.2, 0.25) is 15.9 Å². The van der Waals surface area contributed by atoms with Crippen molar-refractivity contribution in [3.63, 3.8) is 0 Å². The van der Waals surface area contributed by atoms with Crippen LogP contribution in [0.2, 0.25) is 0 Å². The number of piperidine rings is 1. The number of rotatable bonds is 4. The molecule has 2 heterocycles. The Kier molecular flexibility index (Phi) is 4.55. The van der Waals surface area contributed by atoms with E-state index in [1.165, 1.54) is 6.07 Å². The van der Waals surface area contributed by atoms with Crippen LogP contribution in [0.5, 0.6) is 0 Å². The second-order valence-corrected chi connectivity index (χ2v) is 7.56. The number of sulfonamides is 1. The summed E-state index contributed by atoms with van der Waals surface area (Å²) in [6, 6.07) is 1.51.